The van der Waals surface area contributed by atoms with Crippen molar-refractivity contribution in [1.29, 1.82) is 0 Å². The Morgan fingerprint density at radius 2 is 1.81 bits per heavy atom. The van der Waals surface area contributed by atoms with Crippen LogP contribution in [0.3, 0.4) is 0 Å². The molecule has 2 N–H and O–H groups in total. The summed E-state index contributed by atoms with van der Waals surface area (Å²) in [5, 5.41) is 20.0. The highest BCUT2D eigenvalue weighted by atomic mass is 19.1. The molecule has 0 radical (unpaired) electrons. The largest absolute Gasteiger partial charge is 0.478 e. The Morgan fingerprint density at radius 1 is 1.19 bits per heavy atom. The summed E-state index contributed by atoms with van der Waals surface area (Å²) in [6, 6.07) is 3.40. The topological polar surface area (TPSA) is 86.5 Å². The van der Waals surface area contributed by atoms with Crippen molar-refractivity contribution in [2.24, 2.45) is 0 Å². The molecule has 2 saturated heterocycles. The zero-order valence-electron chi connectivity index (χ0n) is 14.5. The van der Waals surface area contributed by atoms with Crippen molar-refractivity contribution in [2.75, 3.05) is 4.90 Å². The molecule has 8 heteroatoms. The Morgan fingerprint density at radius 3 is 2.37 bits per heavy atom. The van der Waals surface area contributed by atoms with Gasteiger partial charge in [-0.25, -0.2) is 23.5 Å². The summed E-state index contributed by atoms with van der Waals surface area (Å²) in [5.41, 5.74) is -0.762. The first-order valence-electron chi connectivity index (χ1n) is 8.85. The number of aliphatic hydroxyl groups is 1. The van der Waals surface area contributed by atoms with Crippen LogP contribution in [0.15, 0.2) is 30.6 Å². The number of piperidine rings is 1. The van der Waals surface area contributed by atoms with Gasteiger partial charge in [-0.2, -0.15) is 0 Å². The molecule has 1 aromatic heterocycles. The molecule has 0 aliphatic carbocycles. The molecule has 2 aromatic rings. The quantitative estimate of drug-likeness (QED) is 0.854. The number of aromatic nitrogens is 2. The summed E-state index contributed by atoms with van der Waals surface area (Å²) < 4.78 is 27.1. The van der Waals surface area contributed by atoms with E-state index in [-0.39, 0.29) is 24.1 Å². The SMILES string of the molecule is O=C(O)c1cnc(N2C3CCC2CC(O)(Cc2ccc(F)cc2F)C3)nc1. The van der Waals surface area contributed by atoms with E-state index < -0.39 is 23.2 Å². The maximum Gasteiger partial charge on any atom is 0.338 e. The van der Waals surface area contributed by atoms with Crippen molar-refractivity contribution in [3.05, 3.63) is 53.4 Å². The minimum atomic E-state index is -1.08. The number of hydrogen-bond donors (Lipinski definition) is 2. The third-order valence-electron chi connectivity index (χ3n) is 5.50. The van der Waals surface area contributed by atoms with Crippen molar-refractivity contribution in [2.45, 2.75) is 49.8 Å². The molecule has 6 nitrogen and oxygen atoms in total. The zero-order chi connectivity index (χ0) is 19.2. The number of carboxylic acids is 1. The van der Waals surface area contributed by atoms with Gasteiger partial charge in [-0.1, -0.05) is 6.07 Å². The first-order valence-corrected chi connectivity index (χ1v) is 8.85. The summed E-state index contributed by atoms with van der Waals surface area (Å²) in [6.45, 7) is 0. The number of rotatable bonds is 4. The Labute approximate surface area is 154 Å². The van der Waals surface area contributed by atoms with E-state index in [2.05, 4.69) is 9.97 Å². The van der Waals surface area contributed by atoms with Crippen LogP contribution in [-0.2, 0) is 6.42 Å². The van der Waals surface area contributed by atoms with Gasteiger partial charge in [0.15, 0.2) is 0 Å². The lowest BCUT2D eigenvalue weighted by atomic mass is 9.81. The van der Waals surface area contributed by atoms with Gasteiger partial charge >= 0.3 is 5.97 Å². The fourth-order valence-corrected chi connectivity index (χ4v) is 4.38. The van der Waals surface area contributed by atoms with E-state index in [1.54, 1.807) is 0 Å². The molecule has 0 amide bonds. The molecule has 2 bridgehead atoms. The lowest BCUT2D eigenvalue weighted by molar-refractivity contribution is 0.00109. The molecule has 2 aliphatic heterocycles. The molecule has 0 spiro atoms. The van der Waals surface area contributed by atoms with E-state index in [1.807, 2.05) is 4.90 Å². The van der Waals surface area contributed by atoms with Crippen molar-refractivity contribution in [1.82, 2.24) is 9.97 Å². The summed E-state index contributed by atoms with van der Waals surface area (Å²) >= 11 is 0. The zero-order valence-corrected chi connectivity index (χ0v) is 14.5. The molecule has 2 aliphatic rings. The second-order valence-electron chi connectivity index (χ2n) is 7.41. The van der Waals surface area contributed by atoms with E-state index in [4.69, 9.17) is 5.11 Å². The number of hydrogen-bond acceptors (Lipinski definition) is 5. The average molecular weight is 375 g/mol. The standard InChI is InChI=1S/C19H19F2N3O3/c20-13-2-1-11(16(21)5-13)6-19(27)7-14-3-4-15(8-19)24(14)18-22-9-12(10-23-18)17(25)26/h1-2,5,9-10,14-15,27H,3-4,6-8H2,(H,25,26). The van der Waals surface area contributed by atoms with Crippen LogP contribution in [0.2, 0.25) is 0 Å². The fraction of sp³-hybridized carbons (Fsp3) is 0.421. The normalized spacial score (nSPS) is 27.0. The number of nitrogens with zero attached hydrogens (tertiary/aromatic N) is 3. The Balaban J connectivity index is 1.53. The maximum absolute atomic E-state index is 14.0. The van der Waals surface area contributed by atoms with E-state index in [0.717, 1.165) is 18.9 Å². The fourth-order valence-electron chi connectivity index (χ4n) is 4.38. The van der Waals surface area contributed by atoms with E-state index >= 15 is 0 Å². The van der Waals surface area contributed by atoms with Crippen LogP contribution in [0, 0.1) is 11.6 Å². The highest BCUT2D eigenvalue weighted by molar-refractivity contribution is 5.86. The molecule has 3 heterocycles. The van der Waals surface area contributed by atoms with Gasteiger partial charge in [0.25, 0.3) is 0 Å². The van der Waals surface area contributed by atoms with Gasteiger partial charge in [0.1, 0.15) is 11.6 Å². The van der Waals surface area contributed by atoms with Gasteiger partial charge in [-0.3, -0.25) is 0 Å². The molecule has 1 aromatic carbocycles. The predicted octanol–water partition coefficient (Wildman–Crippen LogP) is 2.56. The van der Waals surface area contributed by atoms with Crippen molar-refractivity contribution < 1.29 is 23.8 Å². The maximum atomic E-state index is 14.0. The summed E-state index contributed by atoms with van der Waals surface area (Å²) in [5.74, 6) is -1.92. The van der Waals surface area contributed by atoms with Crippen LogP contribution in [0.5, 0.6) is 0 Å². The highest BCUT2D eigenvalue weighted by Crippen LogP contribution is 2.43. The van der Waals surface area contributed by atoms with Gasteiger partial charge in [-0.05, 0) is 37.3 Å². The Hall–Kier alpha value is -2.61. The third kappa shape index (κ3) is 3.37. The molecular formula is C19H19F2N3O3. The number of fused-ring (bicyclic) bond motifs is 2. The van der Waals surface area contributed by atoms with E-state index in [1.165, 1.54) is 24.5 Å². The van der Waals surface area contributed by atoms with Crippen molar-refractivity contribution in [3.8, 4) is 0 Å². The second-order valence-corrected chi connectivity index (χ2v) is 7.41. The number of benzene rings is 1. The van der Waals surface area contributed by atoms with Crippen molar-refractivity contribution in [3.63, 3.8) is 0 Å². The van der Waals surface area contributed by atoms with Crippen LogP contribution in [-0.4, -0.2) is 43.8 Å². The Kier molecular flexibility index (Phi) is 4.30. The number of carbonyl (C=O) groups is 1. The third-order valence-corrected chi connectivity index (χ3v) is 5.50. The lowest BCUT2D eigenvalue weighted by Gasteiger charge is -2.44. The van der Waals surface area contributed by atoms with Crippen LogP contribution in [0.4, 0.5) is 14.7 Å². The van der Waals surface area contributed by atoms with Gasteiger partial charge in [0, 0.05) is 37.0 Å². The monoisotopic (exact) mass is 375 g/mol. The minimum Gasteiger partial charge on any atom is -0.478 e. The van der Waals surface area contributed by atoms with Gasteiger partial charge in [0.2, 0.25) is 5.95 Å². The summed E-state index contributed by atoms with van der Waals surface area (Å²) in [7, 11) is 0. The summed E-state index contributed by atoms with van der Waals surface area (Å²) in [6.07, 6.45) is 5.22. The average Bonchev–Trinajstić information content (AvgIpc) is 2.90. The van der Waals surface area contributed by atoms with Crippen LogP contribution >= 0.6 is 0 Å². The van der Waals surface area contributed by atoms with Crippen LogP contribution in [0.25, 0.3) is 0 Å². The van der Waals surface area contributed by atoms with Crippen LogP contribution < -0.4 is 4.90 Å². The number of carboxylic acid groups (broad SMARTS) is 1. The molecule has 0 saturated carbocycles. The predicted molar refractivity (Wildman–Crippen MR) is 92.5 cm³/mol. The Bertz CT molecular complexity index is 861. The molecule has 4 rings (SSSR count). The lowest BCUT2D eigenvalue weighted by Crippen LogP contribution is -2.52. The van der Waals surface area contributed by atoms with Gasteiger partial charge < -0.3 is 15.1 Å². The smallest absolute Gasteiger partial charge is 0.338 e. The van der Waals surface area contributed by atoms with Crippen LogP contribution in [0.1, 0.15) is 41.6 Å². The van der Waals surface area contributed by atoms with Crippen molar-refractivity contribution >= 4 is 11.9 Å². The van der Waals surface area contributed by atoms with Gasteiger partial charge in [0.05, 0.1) is 11.2 Å². The van der Waals surface area contributed by atoms with E-state index in [9.17, 15) is 18.7 Å². The first kappa shape index (κ1) is 17.8. The number of aromatic carboxylic acids is 1. The molecule has 2 unspecified atom stereocenters. The molecule has 2 fully saturated rings. The first-order chi connectivity index (χ1) is 12.8. The molecule has 142 valence electrons. The molecule has 2 atom stereocenters. The number of anilines is 1. The van der Waals surface area contributed by atoms with E-state index in [0.29, 0.717) is 24.4 Å². The number of halogens is 2. The second kappa shape index (κ2) is 6.53. The molecule has 27 heavy (non-hydrogen) atoms. The molecular weight excluding hydrogens is 356 g/mol. The summed E-state index contributed by atoms with van der Waals surface area (Å²) in [4.78, 5) is 21.3. The van der Waals surface area contributed by atoms with Gasteiger partial charge in [-0.15, -0.1) is 0 Å². The highest BCUT2D eigenvalue weighted by Gasteiger charge is 2.48. The minimum absolute atomic E-state index is 0.00654.